The second-order valence-electron chi connectivity index (χ2n) is 7.45. The molecule has 3 heteroatoms. The van der Waals surface area contributed by atoms with Crippen molar-refractivity contribution < 1.29 is 9.53 Å². The van der Waals surface area contributed by atoms with Crippen LogP contribution in [0, 0.1) is 6.92 Å². The quantitative estimate of drug-likeness (QED) is 0.775. The smallest absolute Gasteiger partial charge is 0.339 e. The van der Waals surface area contributed by atoms with Crippen molar-refractivity contribution in [3.8, 4) is 0 Å². The first-order valence-electron chi connectivity index (χ1n) is 9.35. The molecule has 0 unspecified atom stereocenters. The lowest BCUT2D eigenvalue weighted by molar-refractivity contribution is -0.146. The van der Waals surface area contributed by atoms with Crippen LogP contribution in [0.25, 0.3) is 5.57 Å². The number of carbonyl (C=O) groups is 1. The average molecular weight is 347 g/mol. The van der Waals surface area contributed by atoms with Crippen molar-refractivity contribution in [1.29, 1.82) is 0 Å². The molecule has 134 valence electrons. The Morgan fingerprint density at radius 3 is 2.69 bits per heavy atom. The van der Waals surface area contributed by atoms with Crippen molar-refractivity contribution >= 4 is 11.5 Å². The molecule has 3 nitrogen and oxygen atoms in total. The highest BCUT2D eigenvalue weighted by Gasteiger charge is 2.52. The first kappa shape index (κ1) is 17.0. The van der Waals surface area contributed by atoms with E-state index in [1.807, 2.05) is 18.2 Å². The number of hydrogen-bond acceptors (Lipinski definition) is 3. The molecule has 2 heterocycles. The SMILES string of the molecule is CCc1ccc(C)c(C2=C[C@@]3(CCN(C)[C@H]3c3ccccc3)OC2=O)c1. The van der Waals surface area contributed by atoms with Crippen molar-refractivity contribution in [3.63, 3.8) is 0 Å². The molecule has 2 aromatic rings. The number of carbonyl (C=O) groups excluding carboxylic acids is 1. The van der Waals surface area contributed by atoms with Crippen molar-refractivity contribution in [1.82, 2.24) is 4.90 Å². The van der Waals surface area contributed by atoms with E-state index in [4.69, 9.17) is 4.74 Å². The molecule has 1 fully saturated rings. The number of rotatable bonds is 3. The first-order chi connectivity index (χ1) is 12.5. The summed E-state index contributed by atoms with van der Waals surface area (Å²) < 4.78 is 6.07. The fourth-order valence-electron chi connectivity index (χ4n) is 4.35. The van der Waals surface area contributed by atoms with E-state index >= 15 is 0 Å². The molecule has 0 bridgehead atoms. The number of likely N-dealkylation sites (tertiary alicyclic amines) is 1. The summed E-state index contributed by atoms with van der Waals surface area (Å²) in [5.41, 5.74) is 4.70. The highest BCUT2D eigenvalue weighted by Crippen LogP contribution is 2.48. The van der Waals surface area contributed by atoms with Gasteiger partial charge in [-0.05, 0) is 48.7 Å². The summed E-state index contributed by atoms with van der Waals surface area (Å²) in [5, 5.41) is 0. The van der Waals surface area contributed by atoms with Gasteiger partial charge in [-0.1, -0.05) is 55.5 Å². The largest absolute Gasteiger partial charge is 0.449 e. The van der Waals surface area contributed by atoms with E-state index in [9.17, 15) is 4.79 Å². The highest BCUT2D eigenvalue weighted by atomic mass is 16.6. The van der Waals surface area contributed by atoms with Crippen LogP contribution in [0.5, 0.6) is 0 Å². The minimum Gasteiger partial charge on any atom is -0.449 e. The van der Waals surface area contributed by atoms with Gasteiger partial charge < -0.3 is 4.74 Å². The van der Waals surface area contributed by atoms with Crippen LogP contribution in [0.4, 0.5) is 0 Å². The van der Waals surface area contributed by atoms with Crippen LogP contribution in [0.2, 0.25) is 0 Å². The molecule has 0 saturated carbocycles. The molecule has 0 amide bonds. The Kier molecular flexibility index (Phi) is 4.20. The summed E-state index contributed by atoms with van der Waals surface area (Å²) in [7, 11) is 2.11. The van der Waals surface area contributed by atoms with E-state index in [2.05, 4.69) is 62.2 Å². The van der Waals surface area contributed by atoms with Gasteiger partial charge in [-0.2, -0.15) is 0 Å². The van der Waals surface area contributed by atoms with Crippen LogP contribution in [-0.2, 0) is 16.0 Å². The van der Waals surface area contributed by atoms with Gasteiger partial charge in [0.05, 0.1) is 11.6 Å². The van der Waals surface area contributed by atoms with E-state index in [1.54, 1.807) is 0 Å². The Balaban J connectivity index is 1.80. The third kappa shape index (κ3) is 2.67. The Bertz CT molecular complexity index is 871. The Hall–Kier alpha value is -2.39. The van der Waals surface area contributed by atoms with E-state index in [-0.39, 0.29) is 12.0 Å². The van der Waals surface area contributed by atoms with Gasteiger partial charge in [0, 0.05) is 13.0 Å². The summed E-state index contributed by atoms with van der Waals surface area (Å²) in [5.74, 6) is -0.197. The average Bonchev–Trinajstić information content (AvgIpc) is 3.15. The second-order valence-corrected chi connectivity index (χ2v) is 7.45. The maximum absolute atomic E-state index is 12.9. The zero-order valence-corrected chi connectivity index (χ0v) is 15.7. The standard InChI is InChI=1S/C23H25NO2/c1-4-17-11-10-16(2)19(14-17)20-15-23(26-22(20)25)12-13-24(3)21(23)18-8-6-5-7-9-18/h5-11,14-15,21H,4,12-13H2,1-3H3/t21-,23+/m0/s1. The molecule has 0 radical (unpaired) electrons. The molecule has 1 saturated heterocycles. The van der Waals surface area contributed by atoms with Gasteiger partial charge in [-0.15, -0.1) is 0 Å². The van der Waals surface area contributed by atoms with E-state index < -0.39 is 5.60 Å². The summed E-state index contributed by atoms with van der Waals surface area (Å²) in [6.45, 7) is 5.10. The predicted molar refractivity (Wildman–Crippen MR) is 104 cm³/mol. The number of hydrogen-bond donors (Lipinski definition) is 0. The van der Waals surface area contributed by atoms with Crippen LogP contribution < -0.4 is 0 Å². The van der Waals surface area contributed by atoms with Crippen molar-refractivity contribution in [2.75, 3.05) is 13.6 Å². The summed E-state index contributed by atoms with van der Waals surface area (Å²) in [6.07, 6.45) is 3.87. The summed E-state index contributed by atoms with van der Waals surface area (Å²) in [4.78, 5) is 15.2. The van der Waals surface area contributed by atoms with Crippen LogP contribution in [0.1, 0.15) is 41.6 Å². The molecule has 0 aromatic heterocycles. The normalized spacial score (nSPS) is 25.6. The van der Waals surface area contributed by atoms with Crippen LogP contribution in [-0.4, -0.2) is 30.1 Å². The number of esters is 1. The topological polar surface area (TPSA) is 29.5 Å². The van der Waals surface area contributed by atoms with Crippen LogP contribution in [0.3, 0.4) is 0 Å². The Morgan fingerprint density at radius 1 is 1.19 bits per heavy atom. The van der Waals surface area contributed by atoms with Gasteiger partial charge in [-0.25, -0.2) is 4.79 Å². The van der Waals surface area contributed by atoms with Gasteiger partial charge in [0.25, 0.3) is 0 Å². The molecule has 1 spiro atoms. The van der Waals surface area contributed by atoms with E-state index in [0.29, 0.717) is 5.57 Å². The third-order valence-electron chi connectivity index (χ3n) is 5.77. The number of nitrogens with zero attached hydrogens (tertiary/aromatic N) is 1. The minimum atomic E-state index is -0.572. The lowest BCUT2D eigenvalue weighted by Crippen LogP contribution is -2.35. The zero-order valence-electron chi connectivity index (χ0n) is 15.7. The van der Waals surface area contributed by atoms with Crippen molar-refractivity contribution in [3.05, 3.63) is 76.9 Å². The van der Waals surface area contributed by atoms with Gasteiger partial charge in [0.1, 0.15) is 0 Å². The molecule has 2 aliphatic rings. The van der Waals surface area contributed by atoms with E-state index in [1.165, 1.54) is 11.1 Å². The van der Waals surface area contributed by atoms with Crippen molar-refractivity contribution in [2.24, 2.45) is 0 Å². The van der Waals surface area contributed by atoms with E-state index in [0.717, 1.165) is 30.5 Å². The highest BCUT2D eigenvalue weighted by molar-refractivity contribution is 6.19. The van der Waals surface area contributed by atoms with Gasteiger partial charge in [0.15, 0.2) is 5.60 Å². The number of benzene rings is 2. The van der Waals surface area contributed by atoms with Crippen molar-refractivity contribution in [2.45, 2.75) is 38.3 Å². The first-order valence-corrected chi connectivity index (χ1v) is 9.35. The lowest BCUT2D eigenvalue weighted by atomic mass is 9.87. The van der Waals surface area contributed by atoms with Gasteiger partial charge >= 0.3 is 5.97 Å². The Labute approximate surface area is 155 Å². The molecule has 0 aliphatic carbocycles. The fraction of sp³-hybridized carbons (Fsp3) is 0.348. The minimum absolute atomic E-state index is 0.0554. The molecule has 2 atom stereocenters. The summed E-state index contributed by atoms with van der Waals surface area (Å²) in [6, 6.07) is 16.8. The fourth-order valence-corrected chi connectivity index (χ4v) is 4.35. The van der Waals surface area contributed by atoms with Gasteiger partial charge in [-0.3, -0.25) is 4.90 Å². The molecule has 0 N–H and O–H groups in total. The zero-order chi connectivity index (χ0) is 18.3. The number of ether oxygens (including phenoxy) is 1. The van der Waals surface area contributed by atoms with Crippen LogP contribution in [0.15, 0.2) is 54.6 Å². The predicted octanol–water partition coefficient (Wildman–Crippen LogP) is 4.31. The molecule has 2 aliphatic heterocycles. The second kappa shape index (κ2) is 6.40. The van der Waals surface area contributed by atoms with Crippen LogP contribution >= 0.6 is 0 Å². The lowest BCUT2D eigenvalue weighted by Gasteiger charge is -2.31. The third-order valence-corrected chi connectivity index (χ3v) is 5.77. The maximum Gasteiger partial charge on any atom is 0.339 e. The summed E-state index contributed by atoms with van der Waals surface area (Å²) >= 11 is 0. The molecular weight excluding hydrogens is 322 g/mol. The number of likely N-dealkylation sites (N-methyl/N-ethyl adjacent to an activating group) is 1. The maximum atomic E-state index is 12.9. The molecule has 4 rings (SSSR count). The molecular formula is C23H25NO2. The Morgan fingerprint density at radius 2 is 1.96 bits per heavy atom. The molecule has 26 heavy (non-hydrogen) atoms. The monoisotopic (exact) mass is 347 g/mol. The van der Waals surface area contributed by atoms with Gasteiger partial charge in [0.2, 0.25) is 0 Å². The molecule has 2 aromatic carbocycles. The number of aryl methyl sites for hydroxylation is 2.